The van der Waals surface area contributed by atoms with Crippen LogP contribution in [-0.2, 0) is 10.3 Å². The summed E-state index contributed by atoms with van der Waals surface area (Å²) in [6.45, 7) is 2.70. The van der Waals surface area contributed by atoms with E-state index in [9.17, 15) is 9.59 Å². The number of urea groups is 1. The van der Waals surface area contributed by atoms with Gasteiger partial charge in [0.05, 0.1) is 6.61 Å². The van der Waals surface area contributed by atoms with Gasteiger partial charge in [0.2, 0.25) is 0 Å². The molecule has 130 valence electrons. The van der Waals surface area contributed by atoms with Gasteiger partial charge in [-0.1, -0.05) is 55.5 Å². The number of hydrogen-bond acceptors (Lipinski definition) is 3. The Morgan fingerprint density at radius 3 is 2.28 bits per heavy atom. The van der Waals surface area contributed by atoms with E-state index in [1.807, 2.05) is 67.6 Å². The van der Waals surface area contributed by atoms with Gasteiger partial charge in [0, 0.05) is 6.54 Å². The number of benzene rings is 2. The Bertz CT molecular complexity index is 733. The van der Waals surface area contributed by atoms with Crippen molar-refractivity contribution in [3.63, 3.8) is 0 Å². The number of nitrogens with zero attached hydrogens (tertiary/aromatic N) is 1. The molecule has 25 heavy (non-hydrogen) atoms. The summed E-state index contributed by atoms with van der Waals surface area (Å²) in [6, 6.07) is 18.6. The molecule has 1 atom stereocenters. The van der Waals surface area contributed by atoms with E-state index in [1.165, 1.54) is 4.90 Å². The number of hydrogen-bond donors (Lipinski definition) is 1. The van der Waals surface area contributed by atoms with E-state index in [2.05, 4.69) is 5.32 Å². The molecule has 0 spiro atoms. The van der Waals surface area contributed by atoms with Crippen molar-refractivity contribution < 1.29 is 14.3 Å². The zero-order chi connectivity index (χ0) is 17.7. The van der Waals surface area contributed by atoms with Crippen LogP contribution in [0, 0.1) is 0 Å². The Morgan fingerprint density at radius 1 is 1.00 bits per heavy atom. The van der Waals surface area contributed by atoms with Crippen LogP contribution in [0.15, 0.2) is 60.7 Å². The third-order valence-corrected chi connectivity index (χ3v) is 4.51. The SMILES string of the molecule is CCC1(c2ccccc2)NC(=O)N(CCCOc2ccccc2)C1=O. The Kier molecular flexibility index (Phi) is 5.03. The van der Waals surface area contributed by atoms with Crippen molar-refractivity contribution in [3.8, 4) is 5.75 Å². The maximum Gasteiger partial charge on any atom is 0.325 e. The first kappa shape index (κ1) is 17.0. The van der Waals surface area contributed by atoms with Gasteiger partial charge in [0.1, 0.15) is 11.3 Å². The molecule has 1 aliphatic rings. The average Bonchev–Trinajstić information content (AvgIpc) is 2.91. The van der Waals surface area contributed by atoms with Gasteiger partial charge in [0.25, 0.3) is 5.91 Å². The van der Waals surface area contributed by atoms with Crippen LogP contribution in [0.1, 0.15) is 25.3 Å². The van der Waals surface area contributed by atoms with E-state index < -0.39 is 5.54 Å². The minimum absolute atomic E-state index is 0.189. The van der Waals surface area contributed by atoms with E-state index >= 15 is 0 Å². The molecule has 1 aliphatic heterocycles. The number of imide groups is 1. The number of rotatable bonds is 7. The first-order valence-corrected chi connectivity index (χ1v) is 8.55. The maximum atomic E-state index is 12.9. The van der Waals surface area contributed by atoms with Gasteiger partial charge in [0.15, 0.2) is 0 Å². The quantitative estimate of drug-likeness (QED) is 0.622. The highest BCUT2D eigenvalue weighted by atomic mass is 16.5. The number of ether oxygens (including phenoxy) is 1. The van der Waals surface area contributed by atoms with Crippen LogP contribution in [0.4, 0.5) is 4.79 Å². The summed E-state index contributed by atoms with van der Waals surface area (Å²) < 4.78 is 5.63. The molecule has 0 saturated carbocycles. The monoisotopic (exact) mass is 338 g/mol. The molecule has 2 aromatic carbocycles. The van der Waals surface area contributed by atoms with Crippen LogP contribution >= 0.6 is 0 Å². The minimum atomic E-state index is -0.960. The van der Waals surface area contributed by atoms with E-state index in [0.29, 0.717) is 26.0 Å². The smallest absolute Gasteiger partial charge is 0.325 e. The highest BCUT2D eigenvalue weighted by molar-refractivity contribution is 6.07. The molecular formula is C20H22N2O3. The summed E-state index contributed by atoms with van der Waals surface area (Å²) in [5.74, 6) is 0.595. The third kappa shape index (κ3) is 3.36. The molecule has 2 aromatic rings. The molecule has 1 N–H and O–H groups in total. The van der Waals surface area contributed by atoms with Gasteiger partial charge in [-0.3, -0.25) is 9.69 Å². The second kappa shape index (κ2) is 7.38. The molecular weight excluding hydrogens is 316 g/mol. The molecule has 3 amide bonds. The fraction of sp³-hybridized carbons (Fsp3) is 0.300. The number of amides is 3. The van der Waals surface area contributed by atoms with Gasteiger partial charge in [-0.2, -0.15) is 0 Å². The summed E-state index contributed by atoms with van der Waals surface area (Å²) in [4.78, 5) is 26.6. The first-order valence-electron chi connectivity index (χ1n) is 8.55. The van der Waals surface area contributed by atoms with E-state index in [1.54, 1.807) is 0 Å². The molecule has 5 nitrogen and oxygen atoms in total. The summed E-state index contributed by atoms with van der Waals surface area (Å²) in [6.07, 6.45) is 1.10. The fourth-order valence-corrected chi connectivity index (χ4v) is 3.12. The Labute approximate surface area is 147 Å². The molecule has 1 unspecified atom stereocenters. The van der Waals surface area contributed by atoms with Crippen LogP contribution < -0.4 is 10.1 Å². The predicted molar refractivity (Wildman–Crippen MR) is 95.2 cm³/mol. The van der Waals surface area contributed by atoms with Gasteiger partial charge in [-0.25, -0.2) is 4.79 Å². The van der Waals surface area contributed by atoms with Crippen LogP contribution in [-0.4, -0.2) is 30.0 Å². The summed E-state index contributed by atoms with van der Waals surface area (Å²) in [7, 11) is 0. The highest BCUT2D eigenvalue weighted by Gasteiger charge is 2.50. The molecule has 0 radical (unpaired) electrons. The van der Waals surface area contributed by atoms with E-state index in [-0.39, 0.29) is 11.9 Å². The lowest BCUT2D eigenvalue weighted by Gasteiger charge is -2.25. The topological polar surface area (TPSA) is 58.6 Å². The van der Waals surface area contributed by atoms with Crippen molar-refractivity contribution in [2.24, 2.45) is 0 Å². The molecule has 1 fully saturated rings. The summed E-state index contributed by atoms with van der Waals surface area (Å²) >= 11 is 0. The molecule has 5 heteroatoms. The average molecular weight is 338 g/mol. The van der Waals surface area contributed by atoms with Crippen molar-refractivity contribution in [2.45, 2.75) is 25.3 Å². The van der Waals surface area contributed by atoms with Crippen LogP contribution in [0.25, 0.3) is 0 Å². The van der Waals surface area contributed by atoms with E-state index in [0.717, 1.165) is 11.3 Å². The number of carbonyl (C=O) groups is 2. The second-order valence-electron chi connectivity index (χ2n) is 6.03. The second-order valence-corrected chi connectivity index (χ2v) is 6.03. The van der Waals surface area contributed by atoms with Crippen LogP contribution in [0.2, 0.25) is 0 Å². The molecule has 1 saturated heterocycles. The maximum absolute atomic E-state index is 12.9. The van der Waals surface area contributed by atoms with Crippen molar-refractivity contribution in [1.82, 2.24) is 10.2 Å². The lowest BCUT2D eigenvalue weighted by molar-refractivity contribution is -0.131. The standard InChI is InChI=1S/C20H22N2O3/c1-2-20(16-10-5-3-6-11-16)18(23)22(19(24)21-20)14-9-15-25-17-12-7-4-8-13-17/h3-8,10-13H,2,9,14-15H2,1H3,(H,21,24). The molecule has 0 aliphatic carbocycles. The van der Waals surface area contributed by atoms with Gasteiger partial charge in [-0.05, 0) is 30.5 Å². The third-order valence-electron chi connectivity index (χ3n) is 4.51. The van der Waals surface area contributed by atoms with E-state index in [4.69, 9.17) is 4.74 Å². The summed E-state index contributed by atoms with van der Waals surface area (Å²) in [5.41, 5.74) is -0.141. The predicted octanol–water partition coefficient (Wildman–Crippen LogP) is 3.31. The minimum Gasteiger partial charge on any atom is -0.494 e. The van der Waals surface area contributed by atoms with Crippen molar-refractivity contribution in [3.05, 3.63) is 66.2 Å². The summed E-state index contributed by atoms with van der Waals surface area (Å²) in [5, 5.41) is 2.89. The molecule has 0 bridgehead atoms. The Balaban J connectivity index is 1.63. The lowest BCUT2D eigenvalue weighted by Crippen LogP contribution is -2.43. The van der Waals surface area contributed by atoms with Crippen molar-refractivity contribution in [2.75, 3.05) is 13.2 Å². The number of carbonyl (C=O) groups excluding carboxylic acids is 2. The zero-order valence-electron chi connectivity index (χ0n) is 14.3. The highest BCUT2D eigenvalue weighted by Crippen LogP contribution is 2.32. The Morgan fingerprint density at radius 2 is 1.64 bits per heavy atom. The molecule has 3 rings (SSSR count). The van der Waals surface area contributed by atoms with Gasteiger partial charge in [-0.15, -0.1) is 0 Å². The number of para-hydroxylation sites is 1. The molecule has 0 aromatic heterocycles. The Hall–Kier alpha value is -2.82. The van der Waals surface area contributed by atoms with Crippen molar-refractivity contribution in [1.29, 1.82) is 0 Å². The van der Waals surface area contributed by atoms with Crippen LogP contribution in [0.5, 0.6) is 5.75 Å². The van der Waals surface area contributed by atoms with Gasteiger partial charge < -0.3 is 10.1 Å². The first-order chi connectivity index (χ1) is 12.2. The largest absolute Gasteiger partial charge is 0.494 e. The molecule has 1 heterocycles. The number of nitrogens with one attached hydrogen (secondary N) is 1. The fourth-order valence-electron chi connectivity index (χ4n) is 3.12. The zero-order valence-corrected chi connectivity index (χ0v) is 14.3. The van der Waals surface area contributed by atoms with Crippen LogP contribution in [0.3, 0.4) is 0 Å². The normalized spacial score (nSPS) is 19.8. The van der Waals surface area contributed by atoms with Crippen molar-refractivity contribution >= 4 is 11.9 Å². The lowest BCUT2D eigenvalue weighted by atomic mass is 9.87. The van der Waals surface area contributed by atoms with Gasteiger partial charge >= 0.3 is 6.03 Å².